The molecule has 5 nitrogen and oxygen atoms in total. The third-order valence-corrected chi connectivity index (χ3v) is 4.20. The van der Waals surface area contributed by atoms with Crippen molar-refractivity contribution in [3.05, 3.63) is 48.3 Å². The lowest BCUT2D eigenvalue weighted by Gasteiger charge is -2.31. The number of nitrogens with zero attached hydrogens (tertiary/aromatic N) is 5. The van der Waals surface area contributed by atoms with Crippen LogP contribution in [-0.2, 0) is 6.42 Å². The SMILES string of the molecule is CN(C)[C@@H]1CCN(c2ncc(F)cn2)[C@H]1Cc1cccnc1. The highest BCUT2D eigenvalue weighted by Gasteiger charge is 2.36. The van der Waals surface area contributed by atoms with Crippen LogP contribution in [0.1, 0.15) is 12.0 Å². The van der Waals surface area contributed by atoms with Gasteiger partial charge in [0.25, 0.3) is 0 Å². The largest absolute Gasteiger partial charge is 0.336 e. The Kier molecular flexibility index (Phi) is 4.29. The van der Waals surface area contributed by atoms with Gasteiger partial charge in [-0.05, 0) is 38.6 Å². The summed E-state index contributed by atoms with van der Waals surface area (Å²) in [5, 5.41) is 0. The van der Waals surface area contributed by atoms with Crippen molar-refractivity contribution in [1.29, 1.82) is 0 Å². The van der Waals surface area contributed by atoms with Gasteiger partial charge in [0, 0.05) is 25.0 Å². The second-order valence-electron chi connectivity index (χ2n) is 5.85. The molecule has 1 aliphatic heterocycles. The number of likely N-dealkylation sites (N-methyl/N-ethyl adjacent to an activating group) is 1. The molecule has 1 saturated heterocycles. The van der Waals surface area contributed by atoms with Gasteiger partial charge >= 0.3 is 0 Å². The van der Waals surface area contributed by atoms with Crippen LogP contribution in [0, 0.1) is 5.82 Å². The number of hydrogen-bond donors (Lipinski definition) is 0. The first-order valence-corrected chi connectivity index (χ1v) is 7.44. The molecule has 2 aromatic heterocycles. The molecule has 2 aromatic rings. The van der Waals surface area contributed by atoms with E-state index in [-0.39, 0.29) is 6.04 Å². The predicted molar refractivity (Wildman–Crippen MR) is 83.2 cm³/mol. The Balaban J connectivity index is 1.86. The van der Waals surface area contributed by atoms with Crippen LogP contribution in [0.5, 0.6) is 0 Å². The highest BCUT2D eigenvalue weighted by atomic mass is 19.1. The molecule has 0 aromatic carbocycles. The van der Waals surface area contributed by atoms with E-state index in [1.165, 1.54) is 18.0 Å². The van der Waals surface area contributed by atoms with Gasteiger partial charge in [-0.1, -0.05) is 6.07 Å². The minimum atomic E-state index is -0.407. The lowest BCUT2D eigenvalue weighted by molar-refractivity contribution is 0.273. The first-order chi connectivity index (χ1) is 10.6. The van der Waals surface area contributed by atoms with Crippen molar-refractivity contribution in [2.75, 3.05) is 25.5 Å². The van der Waals surface area contributed by atoms with Crippen LogP contribution in [0.2, 0.25) is 0 Å². The Labute approximate surface area is 129 Å². The predicted octanol–water partition coefficient (Wildman–Crippen LogP) is 1.76. The van der Waals surface area contributed by atoms with Gasteiger partial charge in [0.2, 0.25) is 5.95 Å². The smallest absolute Gasteiger partial charge is 0.225 e. The second kappa shape index (κ2) is 6.36. The Morgan fingerprint density at radius 2 is 2.05 bits per heavy atom. The van der Waals surface area contributed by atoms with Crippen molar-refractivity contribution in [2.45, 2.75) is 24.9 Å². The summed E-state index contributed by atoms with van der Waals surface area (Å²) in [6.45, 7) is 0.874. The number of pyridine rings is 1. The molecular weight excluding hydrogens is 281 g/mol. The molecule has 0 bridgehead atoms. The van der Waals surface area contributed by atoms with Crippen molar-refractivity contribution in [3.63, 3.8) is 0 Å². The van der Waals surface area contributed by atoms with Crippen molar-refractivity contribution < 1.29 is 4.39 Å². The molecular formula is C16H20FN5. The van der Waals surface area contributed by atoms with E-state index in [2.05, 4.69) is 44.9 Å². The van der Waals surface area contributed by atoms with Crippen molar-refractivity contribution in [2.24, 2.45) is 0 Å². The van der Waals surface area contributed by atoms with E-state index in [0.29, 0.717) is 12.0 Å². The molecule has 3 heterocycles. The van der Waals surface area contributed by atoms with Gasteiger partial charge in [0.15, 0.2) is 5.82 Å². The first-order valence-electron chi connectivity index (χ1n) is 7.44. The van der Waals surface area contributed by atoms with E-state index >= 15 is 0 Å². The van der Waals surface area contributed by atoms with Crippen LogP contribution >= 0.6 is 0 Å². The maximum absolute atomic E-state index is 13.1. The fourth-order valence-electron chi connectivity index (χ4n) is 3.15. The molecule has 0 saturated carbocycles. The summed E-state index contributed by atoms with van der Waals surface area (Å²) in [5.74, 6) is 0.190. The molecule has 2 atom stereocenters. The standard InChI is InChI=1S/C16H20FN5/c1-21(2)14-5-7-22(16-19-10-13(17)11-20-16)15(14)8-12-4-3-6-18-9-12/h3-4,6,9-11,14-15H,5,7-8H2,1-2H3/t14-,15+/m1/s1. The average molecular weight is 301 g/mol. The number of hydrogen-bond acceptors (Lipinski definition) is 5. The van der Waals surface area contributed by atoms with Gasteiger partial charge in [-0.2, -0.15) is 0 Å². The molecule has 116 valence electrons. The molecule has 0 N–H and O–H groups in total. The molecule has 0 radical (unpaired) electrons. The van der Waals surface area contributed by atoms with E-state index in [9.17, 15) is 4.39 Å². The summed E-state index contributed by atoms with van der Waals surface area (Å²) in [6.07, 6.45) is 8.05. The van der Waals surface area contributed by atoms with Crippen LogP contribution in [0.4, 0.5) is 10.3 Å². The summed E-state index contributed by atoms with van der Waals surface area (Å²) < 4.78 is 13.1. The molecule has 6 heteroatoms. The topological polar surface area (TPSA) is 45.2 Å². The van der Waals surface area contributed by atoms with Crippen LogP contribution in [-0.4, -0.2) is 52.6 Å². The molecule has 0 spiro atoms. The fraction of sp³-hybridized carbons (Fsp3) is 0.438. The molecule has 3 rings (SSSR count). The summed E-state index contributed by atoms with van der Waals surface area (Å²) in [7, 11) is 4.19. The van der Waals surface area contributed by atoms with Crippen molar-refractivity contribution >= 4 is 5.95 Å². The van der Waals surface area contributed by atoms with Gasteiger partial charge in [-0.25, -0.2) is 14.4 Å². The summed E-state index contributed by atoms with van der Waals surface area (Å²) in [4.78, 5) is 16.9. The third-order valence-electron chi connectivity index (χ3n) is 4.20. The van der Waals surface area contributed by atoms with Crippen molar-refractivity contribution in [1.82, 2.24) is 19.9 Å². The highest BCUT2D eigenvalue weighted by molar-refractivity contribution is 5.35. The van der Waals surface area contributed by atoms with Gasteiger partial charge in [-0.3, -0.25) is 4.98 Å². The molecule has 1 fully saturated rings. The van der Waals surface area contributed by atoms with Crippen LogP contribution in [0.3, 0.4) is 0 Å². The summed E-state index contributed by atoms with van der Waals surface area (Å²) in [6, 6.07) is 4.70. The third kappa shape index (κ3) is 3.06. The Bertz CT molecular complexity index is 602. The van der Waals surface area contributed by atoms with E-state index in [4.69, 9.17) is 0 Å². The number of halogens is 1. The van der Waals surface area contributed by atoms with Crippen LogP contribution < -0.4 is 4.90 Å². The van der Waals surface area contributed by atoms with Gasteiger partial charge in [-0.15, -0.1) is 0 Å². The summed E-state index contributed by atoms with van der Waals surface area (Å²) in [5.41, 5.74) is 1.19. The summed E-state index contributed by atoms with van der Waals surface area (Å²) >= 11 is 0. The maximum Gasteiger partial charge on any atom is 0.225 e. The van der Waals surface area contributed by atoms with Gasteiger partial charge in [0.05, 0.1) is 18.4 Å². The Hall–Kier alpha value is -2.08. The van der Waals surface area contributed by atoms with E-state index < -0.39 is 5.82 Å². The number of aromatic nitrogens is 3. The molecule has 1 aliphatic rings. The molecule has 0 amide bonds. The zero-order valence-corrected chi connectivity index (χ0v) is 12.9. The molecule has 0 unspecified atom stereocenters. The minimum Gasteiger partial charge on any atom is -0.336 e. The zero-order valence-electron chi connectivity index (χ0n) is 12.9. The average Bonchev–Trinajstić information content (AvgIpc) is 2.93. The maximum atomic E-state index is 13.1. The van der Waals surface area contributed by atoms with E-state index in [1.54, 1.807) is 6.20 Å². The Morgan fingerprint density at radius 1 is 1.27 bits per heavy atom. The lowest BCUT2D eigenvalue weighted by atomic mass is 10.0. The first kappa shape index (κ1) is 14.8. The number of rotatable bonds is 4. The minimum absolute atomic E-state index is 0.254. The monoisotopic (exact) mass is 301 g/mol. The number of anilines is 1. The highest BCUT2D eigenvalue weighted by Crippen LogP contribution is 2.27. The normalized spacial score (nSPS) is 21.5. The quantitative estimate of drug-likeness (QED) is 0.861. The van der Waals surface area contributed by atoms with E-state index in [0.717, 1.165) is 19.4 Å². The van der Waals surface area contributed by atoms with Gasteiger partial charge in [0.1, 0.15) is 0 Å². The lowest BCUT2D eigenvalue weighted by Crippen LogP contribution is -2.44. The molecule has 0 aliphatic carbocycles. The Morgan fingerprint density at radius 3 is 2.68 bits per heavy atom. The van der Waals surface area contributed by atoms with Crippen LogP contribution in [0.25, 0.3) is 0 Å². The second-order valence-corrected chi connectivity index (χ2v) is 5.85. The zero-order chi connectivity index (χ0) is 15.5. The fourth-order valence-corrected chi connectivity index (χ4v) is 3.15. The molecule has 22 heavy (non-hydrogen) atoms. The van der Waals surface area contributed by atoms with Crippen molar-refractivity contribution in [3.8, 4) is 0 Å². The van der Waals surface area contributed by atoms with Crippen LogP contribution in [0.15, 0.2) is 36.9 Å². The van der Waals surface area contributed by atoms with Gasteiger partial charge < -0.3 is 9.80 Å². The van der Waals surface area contributed by atoms with E-state index in [1.807, 2.05) is 12.3 Å².